The quantitative estimate of drug-likeness (QED) is 0.729. The van der Waals surface area contributed by atoms with Gasteiger partial charge in [-0.2, -0.15) is 0 Å². The summed E-state index contributed by atoms with van der Waals surface area (Å²) in [6, 6.07) is 5.14. The molecule has 0 unspecified atom stereocenters. The molecule has 3 nitrogen and oxygen atoms in total. The number of rotatable bonds is 1. The highest BCUT2D eigenvalue weighted by Crippen LogP contribution is 2.24. The highest BCUT2D eigenvalue weighted by Gasteiger charge is 2.08. The van der Waals surface area contributed by atoms with Crippen molar-refractivity contribution in [3.05, 3.63) is 35.0 Å². The number of carbonyl (C=O) groups excluding carboxylic acids is 1. The van der Waals surface area contributed by atoms with Gasteiger partial charge in [0.15, 0.2) is 0 Å². The van der Waals surface area contributed by atoms with Crippen molar-refractivity contribution in [2.75, 3.05) is 0 Å². The summed E-state index contributed by atoms with van der Waals surface area (Å²) < 4.78 is 0. The molecule has 0 saturated carbocycles. The largest absolute Gasteiger partial charge is 0.545 e. The highest BCUT2D eigenvalue weighted by molar-refractivity contribution is 6.03. The van der Waals surface area contributed by atoms with Crippen molar-refractivity contribution in [1.29, 1.82) is 0 Å². The Morgan fingerprint density at radius 3 is 2.71 bits per heavy atom. The van der Waals surface area contributed by atoms with E-state index in [0.29, 0.717) is 0 Å². The van der Waals surface area contributed by atoms with Gasteiger partial charge >= 0.3 is 0 Å². The summed E-state index contributed by atoms with van der Waals surface area (Å²) in [6.45, 7) is 3.83. The molecule has 2 aromatic rings. The SMILES string of the molecule is Cc1[nH]c2cccc(C(=O)[O-])c2c1C. The lowest BCUT2D eigenvalue weighted by molar-refractivity contribution is -0.254. The Bertz CT molecular complexity index is 511. The number of benzene rings is 1. The average Bonchev–Trinajstić information content (AvgIpc) is 2.43. The number of aryl methyl sites for hydroxylation is 2. The Labute approximate surface area is 81.4 Å². The Balaban J connectivity index is 2.91. The summed E-state index contributed by atoms with van der Waals surface area (Å²) in [5.41, 5.74) is 3.07. The predicted molar refractivity (Wildman–Crippen MR) is 52.1 cm³/mol. The van der Waals surface area contributed by atoms with Crippen molar-refractivity contribution in [1.82, 2.24) is 4.98 Å². The van der Waals surface area contributed by atoms with Crippen LogP contribution in [0.4, 0.5) is 0 Å². The zero-order chi connectivity index (χ0) is 10.3. The number of aromatic nitrogens is 1. The second-order valence-electron chi connectivity index (χ2n) is 3.39. The molecule has 0 radical (unpaired) electrons. The standard InChI is InChI=1S/C11H11NO2/c1-6-7(2)12-9-5-3-4-8(10(6)9)11(13)14/h3-5,12H,1-2H3,(H,13,14)/p-1. The van der Waals surface area contributed by atoms with E-state index in [9.17, 15) is 9.90 Å². The first kappa shape index (κ1) is 8.81. The van der Waals surface area contributed by atoms with Crippen LogP contribution in [0.1, 0.15) is 21.6 Å². The smallest absolute Gasteiger partial charge is 0.0722 e. The van der Waals surface area contributed by atoms with E-state index >= 15 is 0 Å². The number of carboxylic acids is 1. The van der Waals surface area contributed by atoms with E-state index in [2.05, 4.69) is 4.98 Å². The third kappa shape index (κ3) is 1.09. The van der Waals surface area contributed by atoms with Gasteiger partial charge in [0, 0.05) is 22.2 Å². The predicted octanol–water partition coefficient (Wildman–Crippen LogP) is 1.15. The molecule has 0 bridgehead atoms. The van der Waals surface area contributed by atoms with Gasteiger partial charge in [-0.05, 0) is 25.5 Å². The maximum absolute atomic E-state index is 10.9. The van der Waals surface area contributed by atoms with Gasteiger partial charge in [0.25, 0.3) is 0 Å². The molecule has 1 heterocycles. The van der Waals surface area contributed by atoms with Crippen molar-refractivity contribution in [3.63, 3.8) is 0 Å². The monoisotopic (exact) mass is 188 g/mol. The number of fused-ring (bicyclic) bond motifs is 1. The zero-order valence-electron chi connectivity index (χ0n) is 8.05. The van der Waals surface area contributed by atoms with Gasteiger partial charge in [0.1, 0.15) is 0 Å². The van der Waals surface area contributed by atoms with Crippen LogP contribution in [0.15, 0.2) is 18.2 Å². The molecule has 2 rings (SSSR count). The third-order valence-electron chi connectivity index (χ3n) is 2.54. The number of hydrogen-bond donors (Lipinski definition) is 1. The molecule has 14 heavy (non-hydrogen) atoms. The lowest BCUT2D eigenvalue weighted by Crippen LogP contribution is -2.22. The minimum absolute atomic E-state index is 0.254. The fourth-order valence-corrected chi connectivity index (χ4v) is 1.71. The number of carbonyl (C=O) groups is 1. The minimum Gasteiger partial charge on any atom is -0.545 e. The summed E-state index contributed by atoms with van der Waals surface area (Å²) in [5.74, 6) is -1.13. The molecule has 0 saturated heterocycles. The normalized spacial score (nSPS) is 10.7. The van der Waals surface area contributed by atoms with Crippen molar-refractivity contribution in [2.45, 2.75) is 13.8 Å². The van der Waals surface area contributed by atoms with Gasteiger partial charge < -0.3 is 14.9 Å². The molecule has 0 aliphatic heterocycles. The summed E-state index contributed by atoms with van der Waals surface area (Å²) in [4.78, 5) is 14.0. The van der Waals surface area contributed by atoms with Crippen LogP contribution < -0.4 is 5.11 Å². The Morgan fingerprint density at radius 2 is 2.07 bits per heavy atom. The maximum Gasteiger partial charge on any atom is 0.0722 e. The van der Waals surface area contributed by atoms with E-state index < -0.39 is 5.97 Å². The lowest BCUT2D eigenvalue weighted by Gasteiger charge is -2.04. The second-order valence-corrected chi connectivity index (χ2v) is 3.39. The van der Waals surface area contributed by atoms with Crippen LogP contribution in [0.5, 0.6) is 0 Å². The van der Waals surface area contributed by atoms with Gasteiger partial charge in [-0.3, -0.25) is 0 Å². The molecule has 72 valence electrons. The molecule has 0 spiro atoms. The van der Waals surface area contributed by atoms with Crippen LogP contribution in [0.3, 0.4) is 0 Å². The number of aromatic amines is 1. The minimum atomic E-state index is -1.13. The summed E-state index contributed by atoms with van der Waals surface area (Å²) in [5, 5.41) is 11.6. The molecule has 0 fully saturated rings. The first-order chi connectivity index (χ1) is 6.61. The molecule has 0 aliphatic rings. The number of carboxylic acid groups (broad SMARTS) is 1. The molecule has 0 aliphatic carbocycles. The third-order valence-corrected chi connectivity index (χ3v) is 2.54. The maximum atomic E-state index is 10.9. The summed E-state index contributed by atoms with van der Waals surface area (Å²) in [7, 11) is 0. The summed E-state index contributed by atoms with van der Waals surface area (Å²) in [6.07, 6.45) is 0. The van der Waals surface area contributed by atoms with Crippen LogP contribution >= 0.6 is 0 Å². The van der Waals surface area contributed by atoms with E-state index in [0.717, 1.165) is 22.2 Å². The molecular weight excluding hydrogens is 178 g/mol. The zero-order valence-corrected chi connectivity index (χ0v) is 8.05. The fourth-order valence-electron chi connectivity index (χ4n) is 1.71. The lowest BCUT2D eigenvalue weighted by atomic mass is 10.1. The Kier molecular flexibility index (Phi) is 1.81. The van der Waals surface area contributed by atoms with Crippen molar-refractivity contribution >= 4 is 16.9 Å². The molecular formula is C11H10NO2-. The second kappa shape index (κ2) is 2.87. The number of aromatic carboxylic acids is 1. The topological polar surface area (TPSA) is 55.9 Å². The van der Waals surface area contributed by atoms with Crippen LogP contribution in [0, 0.1) is 13.8 Å². The highest BCUT2D eigenvalue weighted by atomic mass is 16.4. The van der Waals surface area contributed by atoms with Crippen molar-refractivity contribution in [2.24, 2.45) is 0 Å². The van der Waals surface area contributed by atoms with Crippen LogP contribution in [-0.4, -0.2) is 11.0 Å². The summed E-state index contributed by atoms with van der Waals surface area (Å²) >= 11 is 0. The molecule has 1 aromatic carbocycles. The van der Waals surface area contributed by atoms with E-state index in [1.807, 2.05) is 19.9 Å². The van der Waals surface area contributed by atoms with Gasteiger partial charge in [0.05, 0.1) is 5.97 Å². The van der Waals surface area contributed by atoms with Gasteiger partial charge in [-0.25, -0.2) is 0 Å². The van der Waals surface area contributed by atoms with E-state index in [1.54, 1.807) is 12.1 Å². The Morgan fingerprint density at radius 1 is 1.36 bits per heavy atom. The molecule has 0 amide bonds. The van der Waals surface area contributed by atoms with Crippen LogP contribution in [-0.2, 0) is 0 Å². The van der Waals surface area contributed by atoms with Crippen LogP contribution in [0.25, 0.3) is 10.9 Å². The van der Waals surface area contributed by atoms with Crippen molar-refractivity contribution < 1.29 is 9.90 Å². The number of H-pyrrole nitrogens is 1. The van der Waals surface area contributed by atoms with Crippen LogP contribution in [0.2, 0.25) is 0 Å². The van der Waals surface area contributed by atoms with E-state index in [1.165, 1.54) is 0 Å². The molecule has 1 N–H and O–H groups in total. The Hall–Kier alpha value is -1.77. The first-order valence-electron chi connectivity index (χ1n) is 4.40. The molecule has 1 aromatic heterocycles. The number of nitrogens with one attached hydrogen (secondary N) is 1. The van der Waals surface area contributed by atoms with Crippen molar-refractivity contribution in [3.8, 4) is 0 Å². The fraction of sp³-hybridized carbons (Fsp3) is 0.182. The van der Waals surface area contributed by atoms with E-state index in [4.69, 9.17) is 0 Å². The van der Waals surface area contributed by atoms with E-state index in [-0.39, 0.29) is 5.56 Å². The number of hydrogen-bond acceptors (Lipinski definition) is 2. The first-order valence-corrected chi connectivity index (χ1v) is 4.40. The van der Waals surface area contributed by atoms with Gasteiger partial charge in [-0.1, -0.05) is 12.1 Å². The van der Waals surface area contributed by atoms with Gasteiger partial charge in [0.2, 0.25) is 0 Å². The molecule has 0 atom stereocenters. The molecule has 3 heteroatoms. The van der Waals surface area contributed by atoms with Gasteiger partial charge in [-0.15, -0.1) is 0 Å². The average molecular weight is 188 g/mol.